The second-order valence-corrected chi connectivity index (χ2v) is 4.60. The molecule has 0 aromatic carbocycles. The summed E-state index contributed by atoms with van der Waals surface area (Å²) in [5.41, 5.74) is 0.517. The summed E-state index contributed by atoms with van der Waals surface area (Å²) in [6.07, 6.45) is 2.38. The minimum atomic E-state index is -1.26. The van der Waals surface area contributed by atoms with Crippen molar-refractivity contribution >= 4 is 34.4 Å². The number of halogens is 1. The molecule has 0 unspecified atom stereocenters. The van der Waals surface area contributed by atoms with Gasteiger partial charge in [0.15, 0.2) is 5.65 Å². The van der Waals surface area contributed by atoms with Gasteiger partial charge >= 0.3 is 18.9 Å². The Labute approximate surface area is 126 Å². The van der Waals surface area contributed by atoms with Gasteiger partial charge in [0.2, 0.25) is 0 Å². The first-order valence-electron chi connectivity index (χ1n) is 5.58. The normalized spacial score (nSPS) is 13.8. The first-order valence-corrected chi connectivity index (χ1v) is 5.95. The molecule has 0 amide bonds. The molecule has 92 valence electrons. The van der Waals surface area contributed by atoms with Crippen molar-refractivity contribution < 1.29 is 28.8 Å². The van der Waals surface area contributed by atoms with Crippen LogP contribution in [0.2, 0.25) is 5.02 Å². The van der Waals surface area contributed by atoms with E-state index >= 15 is 0 Å². The molecular formula is C12H9ClLiN3O2. The number of hydrogen-bond acceptors (Lipinski definition) is 5. The maximum atomic E-state index is 10.7. The molecule has 1 aliphatic rings. The number of carboxylic acids is 1. The molecule has 0 saturated carbocycles. The van der Waals surface area contributed by atoms with Crippen LogP contribution in [0.3, 0.4) is 0 Å². The maximum Gasteiger partial charge on any atom is 1.00 e. The van der Waals surface area contributed by atoms with Crippen LogP contribution < -0.4 is 28.9 Å². The topological polar surface area (TPSA) is 69.1 Å². The largest absolute Gasteiger partial charge is 1.00 e. The van der Waals surface area contributed by atoms with E-state index in [0.717, 1.165) is 19.5 Å². The van der Waals surface area contributed by atoms with E-state index in [0.29, 0.717) is 21.9 Å². The molecule has 5 nitrogen and oxygen atoms in total. The molecule has 3 rings (SSSR count). The van der Waals surface area contributed by atoms with Gasteiger partial charge in [-0.3, -0.25) is 0 Å². The van der Waals surface area contributed by atoms with E-state index in [1.54, 1.807) is 6.07 Å². The molecule has 0 bridgehead atoms. The van der Waals surface area contributed by atoms with Gasteiger partial charge in [0.1, 0.15) is 5.82 Å². The van der Waals surface area contributed by atoms with E-state index in [4.69, 9.17) is 11.6 Å². The SMILES string of the molecule is O=C([O-])c1cnc2nc(N3CCC3)c(Cl)cc2c1.[Li+]. The van der Waals surface area contributed by atoms with Crippen molar-refractivity contribution in [1.29, 1.82) is 0 Å². The van der Waals surface area contributed by atoms with Crippen LogP contribution in [0.25, 0.3) is 11.0 Å². The quantitative estimate of drug-likeness (QED) is 0.582. The summed E-state index contributed by atoms with van der Waals surface area (Å²) in [6.45, 7) is 1.88. The predicted octanol–water partition coefficient (Wildman–Crippen LogP) is -2.14. The number of carbonyl (C=O) groups is 1. The fraction of sp³-hybridized carbons (Fsp3) is 0.250. The second-order valence-electron chi connectivity index (χ2n) is 4.19. The van der Waals surface area contributed by atoms with Crippen molar-refractivity contribution in [3.05, 3.63) is 28.9 Å². The Balaban J connectivity index is 0.00000133. The molecule has 1 saturated heterocycles. The van der Waals surface area contributed by atoms with Gasteiger partial charge < -0.3 is 14.8 Å². The molecule has 19 heavy (non-hydrogen) atoms. The van der Waals surface area contributed by atoms with Gasteiger partial charge in [-0.2, -0.15) is 0 Å². The monoisotopic (exact) mass is 269 g/mol. The molecule has 7 heteroatoms. The van der Waals surface area contributed by atoms with Crippen molar-refractivity contribution in [2.45, 2.75) is 6.42 Å². The molecule has 1 aliphatic heterocycles. The van der Waals surface area contributed by atoms with Gasteiger partial charge in [0.05, 0.1) is 11.0 Å². The summed E-state index contributed by atoms with van der Waals surface area (Å²) in [5.74, 6) is -0.545. The predicted molar refractivity (Wildman–Crippen MR) is 65.7 cm³/mol. The molecule has 0 atom stereocenters. The average molecular weight is 270 g/mol. The summed E-state index contributed by atoms with van der Waals surface area (Å²) in [7, 11) is 0. The van der Waals surface area contributed by atoms with E-state index in [2.05, 4.69) is 14.9 Å². The number of pyridine rings is 2. The zero-order valence-electron chi connectivity index (χ0n) is 10.4. The Morgan fingerprint density at radius 2 is 2.11 bits per heavy atom. The number of aromatic nitrogens is 2. The summed E-state index contributed by atoms with van der Waals surface area (Å²) in [5, 5.41) is 11.9. The number of nitrogens with zero attached hydrogens (tertiary/aromatic N) is 3. The maximum absolute atomic E-state index is 10.7. The van der Waals surface area contributed by atoms with E-state index in [-0.39, 0.29) is 24.4 Å². The van der Waals surface area contributed by atoms with Crippen LogP contribution in [0, 0.1) is 0 Å². The average Bonchev–Trinajstić information content (AvgIpc) is 2.27. The molecule has 0 N–H and O–H groups in total. The molecule has 1 fully saturated rings. The summed E-state index contributed by atoms with van der Waals surface area (Å²) in [4.78, 5) is 21.2. The fourth-order valence-electron chi connectivity index (χ4n) is 1.89. The van der Waals surface area contributed by atoms with Gasteiger partial charge in [0.25, 0.3) is 0 Å². The molecule has 3 heterocycles. The smallest absolute Gasteiger partial charge is 0.545 e. The minimum Gasteiger partial charge on any atom is -0.545 e. The number of aromatic carboxylic acids is 1. The van der Waals surface area contributed by atoms with E-state index in [1.165, 1.54) is 12.3 Å². The number of fused-ring (bicyclic) bond motifs is 1. The number of rotatable bonds is 2. The Hall–Kier alpha value is -1.28. The van der Waals surface area contributed by atoms with Gasteiger partial charge in [-0.15, -0.1) is 0 Å². The van der Waals surface area contributed by atoms with Gasteiger partial charge in [-0.05, 0) is 18.6 Å². The fourth-order valence-corrected chi connectivity index (χ4v) is 2.17. The molecule has 2 aromatic rings. The number of anilines is 1. The van der Waals surface area contributed by atoms with Crippen LogP contribution in [-0.4, -0.2) is 29.0 Å². The van der Waals surface area contributed by atoms with Crippen LogP contribution in [0.5, 0.6) is 0 Å². The van der Waals surface area contributed by atoms with Gasteiger partial charge in [0, 0.05) is 30.2 Å². The zero-order valence-corrected chi connectivity index (χ0v) is 11.1. The molecule has 0 radical (unpaired) electrons. The van der Waals surface area contributed by atoms with Crippen LogP contribution >= 0.6 is 11.6 Å². The molecule has 0 aliphatic carbocycles. The zero-order chi connectivity index (χ0) is 12.7. The van der Waals surface area contributed by atoms with Crippen LogP contribution in [0.4, 0.5) is 5.82 Å². The summed E-state index contributed by atoms with van der Waals surface area (Å²) in [6, 6.07) is 3.16. The number of carboxylic acid groups (broad SMARTS) is 1. The van der Waals surface area contributed by atoms with Crippen LogP contribution in [-0.2, 0) is 0 Å². The standard InChI is InChI=1S/C12H10ClN3O2.Li/c13-9-5-7-4-8(12(17)18)6-14-10(7)15-11(9)16-2-1-3-16;/h4-6H,1-3H2,(H,17,18);/q;+1/p-1. The third-order valence-electron chi connectivity index (χ3n) is 2.99. The van der Waals surface area contributed by atoms with Crippen molar-refractivity contribution in [3.8, 4) is 0 Å². The second kappa shape index (κ2) is 5.38. The third kappa shape index (κ3) is 2.55. The Morgan fingerprint density at radius 3 is 2.68 bits per heavy atom. The van der Waals surface area contributed by atoms with Crippen LogP contribution in [0.15, 0.2) is 18.3 Å². The van der Waals surface area contributed by atoms with Crippen molar-refractivity contribution in [2.24, 2.45) is 0 Å². The van der Waals surface area contributed by atoms with Crippen molar-refractivity contribution in [1.82, 2.24) is 9.97 Å². The first kappa shape index (κ1) is 14.1. The summed E-state index contributed by atoms with van der Waals surface area (Å²) >= 11 is 6.15. The molecule has 0 spiro atoms. The van der Waals surface area contributed by atoms with Crippen molar-refractivity contribution in [2.75, 3.05) is 18.0 Å². The van der Waals surface area contributed by atoms with E-state index in [1.807, 2.05) is 0 Å². The van der Waals surface area contributed by atoms with E-state index in [9.17, 15) is 9.90 Å². The Morgan fingerprint density at radius 1 is 1.37 bits per heavy atom. The number of carbonyl (C=O) groups excluding carboxylic acids is 1. The van der Waals surface area contributed by atoms with Crippen LogP contribution in [0.1, 0.15) is 16.8 Å². The van der Waals surface area contributed by atoms with Gasteiger partial charge in [-0.25, -0.2) is 9.97 Å². The van der Waals surface area contributed by atoms with Gasteiger partial charge in [-0.1, -0.05) is 11.6 Å². The molecule has 2 aromatic heterocycles. The third-order valence-corrected chi connectivity index (χ3v) is 3.27. The Kier molecular flexibility index (Phi) is 4.00. The summed E-state index contributed by atoms with van der Waals surface area (Å²) < 4.78 is 0. The Bertz CT molecular complexity index is 646. The number of hydrogen-bond donors (Lipinski definition) is 0. The van der Waals surface area contributed by atoms with E-state index < -0.39 is 5.97 Å². The van der Waals surface area contributed by atoms with Crippen molar-refractivity contribution in [3.63, 3.8) is 0 Å². The minimum absolute atomic E-state index is 0. The first-order chi connectivity index (χ1) is 8.65. The molecular weight excluding hydrogens is 261 g/mol.